The maximum Gasteiger partial charge on any atom is 0.392 e. The van der Waals surface area contributed by atoms with E-state index in [-0.39, 0.29) is 18.4 Å². The first-order valence-corrected chi connectivity index (χ1v) is 6.43. The van der Waals surface area contributed by atoms with Crippen LogP contribution in [0.4, 0.5) is 13.2 Å². The van der Waals surface area contributed by atoms with E-state index in [1.54, 1.807) is 6.08 Å². The summed E-state index contributed by atoms with van der Waals surface area (Å²) in [5.41, 5.74) is 0. The van der Waals surface area contributed by atoms with E-state index < -0.39 is 12.1 Å². The molecule has 0 aromatic heterocycles. The fourth-order valence-electron chi connectivity index (χ4n) is 2.72. The second kappa shape index (κ2) is 6.43. The zero-order valence-corrected chi connectivity index (χ0v) is 10.4. The molecule has 4 heteroatoms. The summed E-state index contributed by atoms with van der Waals surface area (Å²) in [5, 5.41) is 3.17. The predicted molar refractivity (Wildman–Crippen MR) is 63.8 cm³/mol. The lowest BCUT2D eigenvalue weighted by molar-refractivity contribution is -0.198. The maximum absolute atomic E-state index is 12.9. The van der Waals surface area contributed by atoms with Gasteiger partial charge in [0.15, 0.2) is 0 Å². The first-order chi connectivity index (χ1) is 8.00. The van der Waals surface area contributed by atoms with Crippen molar-refractivity contribution in [3.8, 4) is 0 Å². The van der Waals surface area contributed by atoms with E-state index in [0.29, 0.717) is 12.8 Å². The normalized spacial score (nSPS) is 27.8. The van der Waals surface area contributed by atoms with Gasteiger partial charge < -0.3 is 5.32 Å². The van der Waals surface area contributed by atoms with Gasteiger partial charge in [-0.2, -0.15) is 13.2 Å². The Bertz CT molecular complexity index is 237. The molecule has 1 rings (SSSR count). The molecular formula is C13H22F3N. The van der Waals surface area contributed by atoms with Crippen molar-refractivity contribution < 1.29 is 13.2 Å². The summed E-state index contributed by atoms with van der Waals surface area (Å²) in [6.45, 7) is 6.43. The van der Waals surface area contributed by atoms with Gasteiger partial charge in [0.25, 0.3) is 0 Å². The third kappa shape index (κ3) is 4.02. The SMILES string of the molecule is C=CC(NCCC)C1CCCCC1C(F)(F)F. The molecule has 100 valence electrons. The lowest BCUT2D eigenvalue weighted by atomic mass is 9.74. The number of hydrogen-bond donors (Lipinski definition) is 1. The first-order valence-electron chi connectivity index (χ1n) is 6.43. The average Bonchev–Trinajstić information content (AvgIpc) is 2.29. The van der Waals surface area contributed by atoms with Gasteiger partial charge in [-0.15, -0.1) is 6.58 Å². The molecule has 0 heterocycles. The van der Waals surface area contributed by atoms with E-state index in [9.17, 15) is 13.2 Å². The molecule has 17 heavy (non-hydrogen) atoms. The highest BCUT2D eigenvalue weighted by molar-refractivity contribution is 4.96. The Morgan fingerprint density at radius 1 is 1.35 bits per heavy atom. The molecule has 0 aliphatic heterocycles. The summed E-state index contributed by atoms with van der Waals surface area (Å²) in [6.07, 6.45) is 1.01. The standard InChI is InChI=1S/C13H22F3N/c1-3-9-17-12(4-2)10-7-5-6-8-11(10)13(14,15)16/h4,10-12,17H,2-3,5-9H2,1H3. The molecule has 0 aromatic carbocycles. The largest absolute Gasteiger partial charge is 0.392 e. The Morgan fingerprint density at radius 2 is 2.00 bits per heavy atom. The average molecular weight is 249 g/mol. The Labute approximate surface area is 101 Å². The lowest BCUT2D eigenvalue weighted by Crippen LogP contribution is -2.44. The summed E-state index contributed by atoms with van der Waals surface area (Å²) in [4.78, 5) is 0. The number of rotatable bonds is 5. The number of alkyl halides is 3. The van der Waals surface area contributed by atoms with E-state index in [0.717, 1.165) is 19.4 Å². The first kappa shape index (κ1) is 14.6. The van der Waals surface area contributed by atoms with Crippen molar-refractivity contribution in [1.82, 2.24) is 5.32 Å². The van der Waals surface area contributed by atoms with Gasteiger partial charge in [-0.1, -0.05) is 25.8 Å². The van der Waals surface area contributed by atoms with Crippen LogP contribution in [-0.4, -0.2) is 18.8 Å². The van der Waals surface area contributed by atoms with Crippen LogP contribution in [0.5, 0.6) is 0 Å². The highest BCUT2D eigenvalue weighted by Crippen LogP contribution is 2.43. The summed E-state index contributed by atoms with van der Waals surface area (Å²) >= 11 is 0. The predicted octanol–water partition coefficient (Wildman–Crippen LogP) is 3.91. The zero-order chi connectivity index (χ0) is 12.9. The second-order valence-corrected chi connectivity index (χ2v) is 4.81. The molecule has 1 aliphatic rings. The molecule has 0 saturated heterocycles. The topological polar surface area (TPSA) is 12.0 Å². The second-order valence-electron chi connectivity index (χ2n) is 4.81. The monoisotopic (exact) mass is 249 g/mol. The fourth-order valence-corrected chi connectivity index (χ4v) is 2.72. The number of halogens is 3. The minimum absolute atomic E-state index is 0.207. The van der Waals surface area contributed by atoms with Crippen LogP contribution in [0.3, 0.4) is 0 Å². The van der Waals surface area contributed by atoms with Gasteiger partial charge in [0, 0.05) is 6.04 Å². The van der Waals surface area contributed by atoms with Crippen molar-refractivity contribution in [2.75, 3.05) is 6.54 Å². The van der Waals surface area contributed by atoms with E-state index in [2.05, 4.69) is 11.9 Å². The quantitative estimate of drug-likeness (QED) is 0.728. The van der Waals surface area contributed by atoms with Crippen molar-refractivity contribution in [3.05, 3.63) is 12.7 Å². The molecule has 3 unspecified atom stereocenters. The molecule has 0 aromatic rings. The zero-order valence-electron chi connectivity index (χ0n) is 10.4. The van der Waals surface area contributed by atoms with E-state index in [1.165, 1.54) is 0 Å². The van der Waals surface area contributed by atoms with Crippen molar-refractivity contribution >= 4 is 0 Å². The Morgan fingerprint density at radius 3 is 2.53 bits per heavy atom. The third-order valence-corrected chi connectivity index (χ3v) is 3.59. The molecule has 1 nitrogen and oxygen atoms in total. The van der Waals surface area contributed by atoms with Gasteiger partial charge >= 0.3 is 6.18 Å². The summed E-state index contributed by atoms with van der Waals surface area (Å²) in [6, 6.07) is -0.207. The van der Waals surface area contributed by atoms with Gasteiger partial charge in [-0.3, -0.25) is 0 Å². The molecule has 0 amide bonds. The van der Waals surface area contributed by atoms with Gasteiger partial charge in [-0.05, 0) is 31.7 Å². The fraction of sp³-hybridized carbons (Fsp3) is 0.846. The van der Waals surface area contributed by atoms with Gasteiger partial charge in [0.2, 0.25) is 0 Å². The summed E-state index contributed by atoms with van der Waals surface area (Å²) in [5.74, 6) is -1.50. The maximum atomic E-state index is 12.9. The molecule has 3 atom stereocenters. The number of hydrogen-bond acceptors (Lipinski definition) is 1. The van der Waals surface area contributed by atoms with Crippen LogP contribution in [0.25, 0.3) is 0 Å². The van der Waals surface area contributed by atoms with Crippen LogP contribution in [0.15, 0.2) is 12.7 Å². The van der Waals surface area contributed by atoms with Crippen LogP contribution in [0, 0.1) is 11.8 Å². The minimum atomic E-state index is -4.07. The van der Waals surface area contributed by atoms with Gasteiger partial charge in [-0.25, -0.2) is 0 Å². The van der Waals surface area contributed by atoms with Crippen LogP contribution >= 0.6 is 0 Å². The molecule has 1 aliphatic carbocycles. The molecule has 0 bridgehead atoms. The van der Waals surface area contributed by atoms with Crippen LogP contribution in [0.2, 0.25) is 0 Å². The third-order valence-electron chi connectivity index (χ3n) is 3.59. The summed E-state index contributed by atoms with van der Waals surface area (Å²) < 4.78 is 38.8. The van der Waals surface area contributed by atoms with Crippen LogP contribution < -0.4 is 5.32 Å². The summed E-state index contributed by atoms with van der Waals surface area (Å²) in [7, 11) is 0. The Kier molecular flexibility index (Phi) is 5.50. The van der Waals surface area contributed by atoms with Crippen molar-refractivity contribution in [2.45, 2.75) is 51.2 Å². The molecule has 1 fully saturated rings. The molecule has 1 N–H and O–H groups in total. The molecule has 0 spiro atoms. The minimum Gasteiger partial charge on any atom is -0.310 e. The lowest BCUT2D eigenvalue weighted by Gasteiger charge is -2.37. The highest BCUT2D eigenvalue weighted by atomic mass is 19.4. The van der Waals surface area contributed by atoms with E-state index in [4.69, 9.17) is 0 Å². The van der Waals surface area contributed by atoms with Crippen LogP contribution in [-0.2, 0) is 0 Å². The number of nitrogens with one attached hydrogen (secondary N) is 1. The Hall–Kier alpha value is -0.510. The van der Waals surface area contributed by atoms with E-state index >= 15 is 0 Å². The van der Waals surface area contributed by atoms with Gasteiger partial charge in [0.1, 0.15) is 0 Å². The van der Waals surface area contributed by atoms with Crippen molar-refractivity contribution in [2.24, 2.45) is 11.8 Å². The van der Waals surface area contributed by atoms with Gasteiger partial charge in [0.05, 0.1) is 5.92 Å². The van der Waals surface area contributed by atoms with E-state index in [1.807, 2.05) is 6.92 Å². The smallest absolute Gasteiger partial charge is 0.310 e. The van der Waals surface area contributed by atoms with Crippen LogP contribution in [0.1, 0.15) is 39.0 Å². The Balaban J connectivity index is 2.71. The molecular weight excluding hydrogens is 227 g/mol. The molecule has 0 radical (unpaired) electrons. The highest BCUT2D eigenvalue weighted by Gasteiger charge is 2.47. The van der Waals surface area contributed by atoms with Crippen molar-refractivity contribution in [1.29, 1.82) is 0 Å². The molecule has 1 saturated carbocycles. The van der Waals surface area contributed by atoms with Crippen molar-refractivity contribution in [3.63, 3.8) is 0 Å².